The van der Waals surface area contributed by atoms with Crippen molar-refractivity contribution in [3.8, 4) is 22.9 Å². The number of nitrogens with zero attached hydrogens (tertiary/aromatic N) is 2. The van der Waals surface area contributed by atoms with Crippen LogP contribution in [0.2, 0.25) is 0 Å². The van der Waals surface area contributed by atoms with Crippen LogP contribution in [-0.2, 0) is 0 Å². The quantitative estimate of drug-likeness (QED) is 0.218. The molecule has 0 saturated heterocycles. The molecule has 3 aromatic carbocycles. The lowest BCUT2D eigenvalue weighted by molar-refractivity contribution is -0.131. The molecule has 1 heterocycles. The lowest BCUT2D eigenvalue weighted by atomic mass is 10.0. The lowest BCUT2D eigenvalue weighted by Gasteiger charge is -2.15. The number of benzene rings is 3. The number of imidazole rings is 1. The van der Waals surface area contributed by atoms with Gasteiger partial charge in [-0.2, -0.15) is 13.2 Å². The summed E-state index contributed by atoms with van der Waals surface area (Å²) in [6.45, 7) is 1.60. The average Bonchev–Trinajstić information content (AvgIpc) is 3.58. The summed E-state index contributed by atoms with van der Waals surface area (Å²) in [7, 11) is 1.53. The number of carbonyl (C=O) groups is 1. The van der Waals surface area contributed by atoms with Crippen molar-refractivity contribution in [2.24, 2.45) is 5.92 Å². The summed E-state index contributed by atoms with van der Waals surface area (Å²) in [6, 6.07) is 16.2. The molecule has 198 valence electrons. The number of aryl methyl sites for hydroxylation is 1. The smallest absolute Gasteiger partial charge is 0.390 e. The maximum absolute atomic E-state index is 12.8. The highest BCUT2D eigenvalue weighted by molar-refractivity contribution is 5.98. The molecular weight excluding hydrogens is 495 g/mol. The molecular formula is C29H28F3N3O3. The Morgan fingerprint density at radius 2 is 1.87 bits per heavy atom. The largest absolute Gasteiger partial charge is 0.493 e. The van der Waals surface area contributed by atoms with E-state index in [-0.39, 0.29) is 12.3 Å². The summed E-state index contributed by atoms with van der Waals surface area (Å²) < 4.78 is 51.8. The van der Waals surface area contributed by atoms with E-state index in [9.17, 15) is 18.0 Å². The first-order valence-corrected chi connectivity index (χ1v) is 12.5. The highest BCUT2D eigenvalue weighted by atomic mass is 19.4. The van der Waals surface area contributed by atoms with E-state index in [4.69, 9.17) is 9.47 Å². The fourth-order valence-electron chi connectivity index (χ4n) is 4.46. The number of carbonyl (C=O) groups excluding carboxylic acids is 1. The topological polar surface area (TPSA) is 65.4 Å². The maximum atomic E-state index is 12.8. The number of fused-ring (bicyclic) bond motifs is 1. The highest BCUT2D eigenvalue weighted by Crippen LogP contribution is 2.37. The van der Waals surface area contributed by atoms with Crippen LogP contribution in [0.25, 0.3) is 16.7 Å². The van der Waals surface area contributed by atoms with Gasteiger partial charge in [-0.15, -0.1) is 0 Å². The van der Waals surface area contributed by atoms with Gasteiger partial charge in [-0.05, 0) is 61.6 Å². The Labute approximate surface area is 218 Å². The van der Waals surface area contributed by atoms with E-state index in [1.54, 1.807) is 36.7 Å². The normalized spacial score (nSPS) is 13.5. The zero-order valence-corrected chi connectivity index (χ0v) is 21.1. The predicted octanol–water partition coefficient (Wildman–Crippen LogP) is 7.48. The van der Waals surface area contributed by atoms with Crippen molar-refractivity contribution < 1.29 is 27.4 Å². The van der Waals surface area contributed by atoms with Crippen molar-refractivity contribution in [2.75, 3.05) is 19.0 Å². The van der Waals surface area contributed by atoms with E-state index < -0.39 is 12.6 Å². The van der Waals surface area contributed by atoms with E-state index in [2.05, 4.69) is 10.3 Å². The van der Waals surface area contributed by atoms with Gasteiger partial charge in [0, 0.05) is 36.3 Å². The van der Waals surface area contributed by atoms with Crippen LogP contribution >= 0.6 is 0 Å². The molecule has 1 fully saturated rings. The van der Waals surface area contributed by atoms with Crippen molar-refractivity contribution in [3.05, 3.63) is 72.1 Å². The van der Waals surface area contributed by atoms with E-state index in [0.717, 1.165) is 24.1 Å². The van der Waals surface area contributed by atoms with Crippen LogP contribution in [0.4, 0.5) is 18.9 Å². The minimum atomic E-state index is -4.28. The van der Waals surface area contributed by atoms with E-state index in [1.165, 1.54) is 7.11 Å². The molecule has 1 aromatic heterocycles. The number of hydrogen-bond acceptors (Lipinski definition) is 5. The van der Waals surface area contributed by atoms with Gasteiger partial charge in [-0.25, -0.2) is 4.98 Å². The summed E-state index contributed by atoms with van der Waals surface area (Å²) in [5.41, 5.74) is 3.92. The SMILES string of the molecule is COc1ccccc1Oc1cc(NCCC(F)(F)F)c2ncn(-c3ccc(C(=O)CC4CC4)c(C)c3)c2c1. The second kappa shape index (κ2) is 10.4. The standard InChI is InChI=1S/C29H28F3N3O3/c1-18-13-20(9-10-22(18)25(36)14-19-7-8-19)35-17-34-28-23(33-12-11-29(30,31)32)15-21(16-24(28)35)38-27-6-4-3-5-26(27)37-2/h3-6,9-10,13,15-17,19,33H,7-8,11-12,14H2,1-2H3. The van der Waals surface area contributed by atoms with Crippen LogP contribution in [0.3, 0.4) is 0 Å². The number of rotatable bonds is 10. The molecule has 1 aliphatic carbocycles. The van der Waals surface area contributed by atoms with Crippen LogP contribution in [0.5, 0.6) is 17.2 Å². The van der Waals surface area contributed by atoms with Gasteiger partial charge in [0.2, 0.25) is 0 Å². The van der Waals surface area contributed by atoms with Crippen LogP contribution in [0.15, 0.2) is 60.9 Å². The van der Waals surface area contributed by atoms with Gasteiger partial charge in [-0.3, -0.25) is 9.36 Å². The number of Topliss-reactive ketones (excluding diaryl/α,β-unsaturated/α-hetero) is 1. The van der Waals surface area contributed by atoms with E-state index in [0.29, 0.717) is 51.9 Å². The van der Waals surface area contributed by atoms with Gasteiger partial charge in [-0.1, -0.05) is 12.1 Å². The van der Waals surface area contributed by atoms with Crippen molar-refractivity contribution in [3.63, 3.8) is 0 Å². The summed E-state index contributed by atoms with van der Waals surface area (Å²) in [6.07, 6.45) is -0.849. The fourth-order valence-corrected chi connectivity index (χ4v) is 4.46. The van der Waals surface area contributed by atoms with Crippen LogP contribution in [0.1, 0.15) is 41.6 Å². The van der Waals surface area contributed by atoms with Crippen molar-refractivity contribution in [1.29, 1.82) is 0 Å². The number of nitrogens with one attached hydrogen (secondary N) is 1. The van der Waals surface area contributed by atoms with Crippen molar-refractivity contribution >= 4 is 22.5 Å². The Morgan fingerprint density at radius 3 is 2.55 bits per heavy atom. The molecule has 0 radical (unpaired) electrons. The first kappa shape index (κ1) is 25.6. The first-order valence-electron chi connectivity index (χ1n) is 12.5. The van der Waals surface area contributed by atoms with Gasteiger partial charge in [0.25, 0.3) is 0 Å². The molecule has 0 spiro atoms. The molecule has 5 rings (SSSR count). The number of hydrogen-bond donors (Lipinski definition) is 1. The number of alkyl halides is 3. The number of halogens is 3. The second-order valence-corrected chi connectivity index (χ2v) is 9.57. The number of ether oxygens (including phenoxy) is 2. The Hall–Kier alpha value is -4.01. The number of aromatic nitrogens is 2. The van der Waals surface area contributed by atoms with Crippen molar-refractivity contribution in [1.82, 2.24) is 9.55 Å². The second-order valence-electron chi connectivity index (χ2n) is 9.57. The molecule has 4 aromatic rings. The minimum absolute atomic E-state index is 0.149. The Balaban J connectivity index is 1.52. The van der Waals surface area contributed by atoms with E-state index in [1.807, 2.05) is 35.8 Å². The van der Waals surface area contributed by atoms with Crippen molar-refractivity contribution in [2.45, 2.75) is 38.8 Å². The third-order valence-corrected chi connectivity index (χ3v) is 6.61. The first-order chi connectivity index (χ1) is 18.2. The van der Waals surface area contributed by atoms with Gasteiger partial charge in [0.05, 0.1) is 24.7 Å². The molecule has 1 saturated carbocycles. The minimum Gasteiger partial charge on any atom is -0.493 e. The Bertz CT molecular complexity index is 1480. The third-order valence-electron chi connectivity index (χ3n) is 6.61. The molecule has 9 heteroatoms. The van der Waals surface area contributed by atoms with Gasteiger partial charge in [0.15, 0.2) is 17.3 Å². The lowest BCUT2D eigenvalue weighted by Crippen LogP contribution is -2.14. The summed E-state index contributed by atoms with van der Waals surface area (Å²) >= 11 is 0. The van der Waals surface area contributed by atoms with E-state index >= 15 is 0 Å². The van der Waals surface area contributed by atoms with Crippen LogP contribution < -0.4 is 14.8 Å². The zero-order valence-electron chi connectivity index (χ0n) is 21.1. The number of methoxy groups -OCH3 is 1. The molecule has 38 heavy (non-hydrogen) atoms. The predicted molar refractivity (Wildman–Crippen MR) is 140 cm³/mol. The Morgan fingerprint density at radius 1 is 1.11 bits per heavy atom. The Kier molecular flexibility index (Phi) is 7.01. The number of anilines is 1. The molecule has 1 N–H and O–H groups in total. The van der Waals surface area contributed by atoms with Crippen LogP contribution in [0, 0.1) is 12.8 Å². The fraction of sp³-hybridized carbons (Fsp3) is 0.310. The molecule has 0 amide bonds. The summed E-state index contributed by atoms with van der Waals surface area (Å²) in [5.74, 6) is 2.05. The summed E-state index contributed by atoms with van der Waals surface area (Å²) in [5, 5.41) is 2.87. The number of ketones is 1. The average molecular weight is 524 g/mol. The zero-order chi connectivity index (χ0) is 26.9. The molecule has 0 aliphatic heterocycles. The van der Waals surface area contributed by atoms with Gasteiger partial charge in [0.1, 0.15) is 17.6 Å². The monoisotopic (exact) mass is 523 g/mol. The summed E-state index contributed by atoms with van der Waals surface area (Å²) in [4.78, 5) is 17.2. The third kappa shape index (κ3) is 5.77. The molecule has 1 aliphatic rings. The van der Waals surface area contributed by atoms with Crippen LogP contribution in [-0.4, -0.2) is 35.2 Å². The number of para-hydroxylation sites is 2. The molecule has 0 unspecified atom stereocenters. The maximum Gasteiger partial charge on any atom is 0.390 e. The highest BCUT2D eigenvalue weighted by Gasteiger charge is 2.27. The molecule has 0 atom stereocenters. The van der Waals surface area contributed by atoms with Gasteiger partial charge < -0.3 is 14.8 Å². The van der Waals surface area contributed by atoms with Gasteiger partial charge >= 0.3 is 6.18 Å². The molecule has 0 bridgehead atoms. The molecule has 6 nitrogen and oxygen atoms in total.